The van der Waals surface area contributed by atoms with Crippen molar-refractivity contribution in [2.75, 3.05) is 5.88 Å². The molecule has 0 spiro atoms. The number of rotatable bonds is 4. The highest BCUT2D eigenvalue weighted by atomic mass is 35.5. The van der Waals surface area contributed by atoms with Gasteiger partial charge in [0.2, 0.25) is 0 Å². The molecule has 0 aliphatic heterocycles. The van der Waals surface area contributed by atoms with Crippen LogP contribution < -0.4 is 0 Å². The Bertz CT molecular complexity index is 421. The van der Waals surface area contributed by atoms with E-state index >= 15 is 0 Å². The lowest BCUT2D eigenvalue weighted by molar-refractivity contribution is -0.116. The van der Waals surface area contributed by atoms with E-state index in [2.05, 4.69) is 0 Å². The molecular weight excluding hydrogens is 296 g/mol. The Balaban J connectivity index is 2.95. The monoisotopic (exact) mass is 302 g/mol. The minimum atomic E-state index is -4.40. The van der Waals surface area contributed by atoms with E-state index in [4.69, 9.17) is 23.2 Å². The Labute approximate surface area is 110 Å². The maximum atomic E-state index is 12.2. The maximum absolute atomic E-state index is 12.2. The molecule has 0 saturated carbocycles. The van der Waals surface area contributed by atoms with Crippen LogP contribution in [-0.2, 0) is 11.2 Å². The molecule has 0 atom stereocenters. The highest BCUT2D eigenvalue weighted by molar-refractivity contribution is 8.00. The molecule has 7 heteroatoms. The van der Waals surface area contributed by atoms with Gasteiger partial charge in [0.25, 0.3) is 0 Å². The number of benzene rings is 1. The van der Waals surface area contributed by atoms with Crippen molar-refractivity contribution in [3.05, 3.63) is 28.8 Å². The van der Waals surface area contributed by atoms with Crippen molar-refractivity contribution >= 4 is 40.7 Å². The van der Waals surface area contributed by atoms with Crippen LogP contribution in [-0.4, -0.2) is 17.2 Å². The summed E-state index contributed by atoms with van der Waals surface area (Å²) < 4.78 is 36.6. The summed E-state index contributed by atoms with van der Waals surface area (Å²) in [5, 5.41) is -0.0479. The molecule has 1 nitrogen and oxygen atoms in total. The highest BCUT2D eigenvalue weighted by Crippen LogP contribution is 2.41. The number of halogens is 5. The summed E-state index contributed by atoms with van der Waals surface area (Å²) in [6, 6.07) is 4.19. The Kier molecular flexibility index (Phi) is 5.16. The van der Waals surface area contributed by atoms with Crippen LogP contribution >= 0.6 is 35.0 Å². The molecule has 0 aliphatic rings. The van der Waals surface area contributed by atoms with E-state index in [1.165, 1.54) is 18.2 Å². The van der Waals surface area contributed by atoms with Crippen molar-refractivity contribution in [1.29, 1.82) is 0 Å². The van der Waals surface area contributed by atoms with Gasteiger partial charge in [-0.1, -0.05) is 23.7 Å². The van der Waals surface area contributed by atoms with Crippen molar-refractivity contribution in [3.8, 4) is 0 Å². The third-order valence-corrected chi connectivity index (χ3v) is 3.45. The molecule has 0 radical (unpaired) electrons. The summed E-state index contributed by atoms with van der Waals surface area (Å²) in [4.78, 5) is 11.0. The third kappa shape index (κ3) is 4.77. The summed E-state index contributed by atoms with van der Waals surface area (Å²) in [6.07, 6.45) is -0.0609. The fraction of sp³-hybridized carbons (Fsp3) is 0.300. The van der Waals surface area contributed by atoms with E-state index in [9.17, 15) is 18.0 Å². The van der Waals surface area contributed by atoms with Crippen LogP contribution in [0.4, 0.5) is 13.2 Å². The molecule has 0 aliphatic carbocycles. The van der Waals surface area contributed by atoms with Crippen LogP contribution in [0.2, 0.25) is 5.02 Å². The molecule has 0 N–H and O–H groups in total. The molecule has 1 aromatic rings. The van der Waals surface area contributed by atoms with Crippen LogP contribution in [0.15, 0.2) is 23.1 Å². The Morgan fingerprint density at radius 2 is 2.00 bits per heavy atom. The van der Waals surface area contributed by atoms with Gasteiger partial charge in [0.1, 0.15) is 0 Å². The molecule has 94 valence electrons. The van der Waals surface area contributed by atoms with Crippen molar-refractivity contribution in [2.45, 2.75) is 16.8 Å². The number of hydrogen-bond donors (Lipinski definition) is 0. The second-order valence-corrected chi connectivity index (χ2v) is 4.88. The fourth-order valence-electron chi connectivity index (χ4n) is 1.16. The van der Waals surface area contributed by atoms with Gasteiger partial charge in [0, 0.05) is 11.3 Å². The molecule has 17 heavy (non-hydrogen) atoms. The topological polar surface area (TPSA) is 17.1 Å². The van der Waals surface area contributed by atoms with Gasteiger partial charge >= 0.3 is 5.51 Å². The number of carbonyl (C=O) groups excluding carboxylic acids is 1. The summed E-state index contributed by atoms with van der Waals surface area (Å²) in [5.41, 5.74) is -4.05. The molecule has 1 rings (SSSR count). The minimum absolute atomic E-state index is 0.0479. The average molecular weight is 303 g/mol. The van der Waals surface area contributed by atoms with Crippen LogP contribution in [0.25, 0.3) is 0 Å². The quantitative estimate of drug-likeness (QED) is 0.609. The Morgan fingerprint density at radius 3 is 2.53 bits per heavy atom. The van der Waals surface area contributed by atoms with Crippen LogP contribution in [0, 0.1) is 0 Å². The van der Waals surface area contributed by atoms with Crippen LogP contribution in [0.1, 0.15) is 5.56 Å². The highest BCUT2D eigenvalue weighted by Gasteiger charge is 2.30. The smallest absolute Gasteiger partial charge is 0.298 e. The molecule has 0 unspecified atom stereocenters. The summed E-state index contributed by atoms with van der Waals surface area (Å²) in [7, 11) is 0. The molecule has 0 saturated heterocycles. The predicted molar refractivity (Wildman–Crippen MR) is 62.8 cm³/mol. The lowest BCUT2D eigenvalue weighted by Gasteiger charge is -2.10. The van der Waals surface area contributed by atoms with E-state index in [1.54, 1.807) is 0 Å². The van der Waals surface area contributed by atoms with Crippen molar-refractivity contribution in [1.82, 2.24) is 0 Å². The first kappa shape index (κ1) is 14.7. The molecule has 0 heterocycles. The summed E-state index contributed by atoms with van der Waals surface area (Å²) in [5.74, 6) is -0.477. The Morgan fingerprint density at radius 1 is 1.35 bits per heavy atom. The van der Waals surface area contributed by atoms with Crippen LogP contribution in [0.3, 0.4) is 0 Å². The van der Waals surface area contributed by atoms with E-state index in [-0.39, 0.29) is 39.8 Å². The first-order valence-electron chi connectivity index (χ1n) is 4.44. The zero-order chi connectivity index (χ0) is 13.1. The van der Waals surface area contributed by atoms with E-state index in [0.29, 0.717) is 5.56 Å². The van der Waals surface area contributed by atoms with Crippen LogP contribution in [0.5, 0.6) is 0 Å². The normalized spacial score (nSPS) is 11.6. The minimum Gasteiger partial charge on any atom is -0.298 e. The van der Waals surface area contributed by atoms with Gasteiger partial charge in [0.15, 0.2) is 5.78 Å². The second kappa shape index (κ2) is 5.98. The first-order valence-corrected chi connectivity index (χ1v) is 6.17. The molecule has 0 fully saturated rings. The Hall–Kier alpha value is -0.390. The molecule has 0 aromatic heterocycles. The SMILES string of the molecule is O=C(CCl)Cc1cccc(SC(F)(F)F)c1Cl. The van der Waals surface area contributed by atoms with Gasteiger partial charge in [-0.15, -0.1) is 11.6 Å². The summed E-state index contributed by atoms with van der Waals surface area (Å²) >= 11 is 10.8. The average Bonchev–Trinajstić information content (AvgIpc) is 2.22. The lowest BCUT2D eigenvalue weighted by Crippen LogP contribution is -2.05. The van der Waals surface area contributed by atoms with E-state index < -0.39 is 5.51 Å². The van der Waals surface area contributed by atoms with Crippen molar-refractivity contribution in [3.63, 3.8) is 0 Å². The zero-order valence-corrected chi connectivity index (χ0v) is 10.7. The number of ketones is 1. The van der Waals surface area contributed by atoms with E-state index in [0.717, 1.165) is 0 Å². The molecule has 1 aromatic carbocycles. The van der Waals surface area contributed by atoms with Gasteiger partial charge < -0.3 is 0 Å². The molecular formula is C10H7Cl2F3OS. The largest absolute Gasteiger partial charge is 0.446 e. The number of carbonyl (C=O) groups is 1. The van der Waals surface area contributed by atoms with Gasteiger partial charge in [0.05, 0.1) is 10.9 Å². The fourth-order valence-corrected chi connectivity index (χ4v) is 2.18. The maximum Gasteiger partial charge on any atom is 0.446 e. The van der Waals surface area contributed by atoms with Gasteiger partial charge in [-0.2, -0.15) is 13.2 Å². The molecule has 0 bridgehead atoms. The predicted octanol–water partition coefficient (Wildman–Crippen LogP) is 4.30. The standard InChI is InChI=1S/C10H7Cl2F3OS/c11-5-7(16)4-6-2-1-3-8(9(6)12)17-10(13,14)15/h1-3H,4-5H2. The summed E-state index contributed by atoms with van der Waals surface area (Å²) in [6.45, 7) is 0. The van der Waals surface area contributed by atoms with Gasteiger partial charge in [-0.05, 0) is 23.4 Å². The van der Waals surface area contributed by atoms with E-state index in [1.807, 2.05) is 0 Å². The number of Topliss-reactive ketones (excluding diaryl/α,β-unsaturated/α-hetero) is 1. The second-order valence-electron chi connectivity index (χ2n) is 3.13. The van der Waals surface area contributed by atoms with Gasteiger partial charge in [-0.25, -0.2) is 0 Å². The van der Waals surface area contributed by atoms with Crippen molar-refractivity contribution in [2.24, 2.45) is 0 Å². The zero-order valence-electron chi connectivity index (χ0n) is 8.35. The lowest BCUT2D eigenvalue weighted by atomic mass is 10.1. The molecule has 0 amide bonds. The van der Waals surface area contributed by atoms with Crippen molar-refractivity contribution < 1.29 is 18.0 Å². The number of hydrogen-bond acceptors (Lipinski definition) is 2. The first-order chi connectivity index (χ1) is 7.83. The number of alkyl halides is 4. The third-order valence-electron chi connectivity index (χ3n) is 1.81. The van der Waals surface area contributed by atoms with Gasteiger partial charge in [-0.3, -0.25) is 4.79 Å². The number of thioether (sulfide) groups is 1.